The second-order valence-corrected chi connectivity index (χ2v) is 2.22. The highest BCUT2D eigenvalue weighted by Gasteiger charge is 1.84. The first-order valence-electron chi connectivity index (χ1n) is 2.97. The summed E-state index contributed by atoms with van der Waals surface area (Å²) in [5, 5.41) is 2.31. The number of hydrogen-bond acceptors (Lipinski definition) is 2. The Morgan fingerprint density at radius 3 is 2.40 bits per heavy atom. The molecule has 1 aromatic carbocycles. The van der Waals surface area contributed by atoms with Gasteiger partial charge < -0.3 is 0 Å². The van der Waals surface area contributed by atoms with Crippen LogP contribution in [0.15, 0.2) is 29.3 Å². The van der Waals surface area contributed by atoms with Gasteiger partial charge in [-0.05, 0) is 31.3 Å². The fourth-order valence-electron chi connectivity index (χ4n) is 0.672. The molecule has 0 spiro atoms. The van der Waals surface area contributed by atoms with Gasteiger partial charge in [-0.15, -0.1) is 0 Å². The highest BCUT2D eigenvalue weighted by atomic mass is 32.1. The van der Waals surface area contributed by atoms with E-state index in [0.29, 0.717) is 0 Å². The zero-order valence-corrected chi connectivity index (χ0v) is 6.48. The predicted octanol–water partition coefficient (Wildman–Crippen LogP) is 2.73. The van der Waals surface area contributed by atoms with Gasteiger partial charge in [0.05, 0.1) is 10.8 Å². The maximum absolute atomic E-state index is 4.45. The molecule has 50 valence electrons. The van der Waals surface area contributed by atoms with Crippen molar-refractivity contribution in [3.8, 4) is 0 Å². The first-order chi connectivity index (χ1) is 4.83. The van der Waals surface area contributed by atoms with Gasteiger partial charge in [-0.3, -0.25) is 0 Å². The number of rotatable bonds is 1. The van der Waals surface area contributed by atoms with Crippen LogP contribution in [0.4, 0.5) is 5.69 Å². The van der Waals surface area contributed by atoms with Crippen LogP contribution in [0.3, 0.4) is 0 Å². The summed E-state index contributed by atoms with van der Waals surface area (Å²) in [6, 6.07) is 7.81. The van der Waals surface area contributed by atoms with Crippen LogP contribution in [-0.2, 0) is 0 Å². The Balaban J connectivity index is 3.00. The van der Waals surface area contributed by atoms with Crippen LogP contribution in [0.25, 0.3) is 0 Å². The van der Waals surface area contributed by atoms with Crippen molar-refractivity contribution in [1.82, 2.24) is 0 Å². The molecule has 0 aliphatic heterocycles. The summed E-state index contributed by atoms with van der Waals surface area (Å²) in [7, 11) is 0. The van der Waals surface area contributed by atoms with Crippen molar-refractivity contribution < 1.29 is 0 Å². The number of nitrogens with zero attached hydrogens (tertiary/aromatic N) is 1. The molecule has 10 heavy (non-hydrogen) atoms. The zero-order chi connectivity index (χ0) is 7.40. The van der Waals surface area contributed by atoms with E-state index in [1.807, 2.05) is 31.2 Å². The smallest absolute Gasteiger partial charge is 0.0739 e. The maximum Gasteiger partial charge on any atom is 0.0739 e. The van der Waals surface area contributed by atoms with Gasteiger partial charge in [-0.2, -0.15) is 4.99 Å². The minimum absolute atomic E-state index is 0.862. The Morgan fingerprint density at radius 2 is 1.90 bits per heavy atom. The number of thiocarbonyl (C=S) groups is 1. The fraction of sp³-hybridized carbons (Fsp3) is 0.125. The van der Waals surface area contributed by atoms with E-state index in [2.05, 4.69) is 22.4 Å². The highest BCUT2D eigenvalue weighted by molar-refractivity contribution is 7.78. The van der Waals surface area contributed by atoms with Crippen molar-refractivity contribution in [3.05, 3.63) is 29.8 Å². The normalized spacial score (nSPS) is 8.50. The molecule has 0 unspecified atom stereocenters. The molecule has 0 N–H and O–H groups in total. The molecular weight excluding hydrogens is 142 g/mol. The van der Waals surface area contributed by atoms with Crippen LogP contribution in [0.1, 0.15) is 5.56 Å². The van der Waals surface area contributed by atoms with Crippen molar-refractivity contribution in [2.45, 2.75) is 6.92 Å². The van der Waals surface area contributed by atoms with Crippen molar-refractivity contribution >= 4 is 23.1 Å². The van der Waals surface area contributed by atoms with E-state index in [1.54, 1.807) is 0 Å². The Labute approximate surface area is 65.4 Å². The maximum atomic E-state index is 4.45. The molecule has 0 saturated heterocycles. The number of isothiocyanates is 1. The molecule has 0 heterocycles. The summed E-state index contributed by atoms with van der Waals surface area (Å²) >= 11 is 4.45. The van der Waals surface area contributed by atoms with Gasteiger partial charge in [0, 0.05) is 0 Å². The first-order valence-corrected chi connectivity index (χ1v) is 3.38. The third kappa shape index (κ3) is 1.76. The van der Waals surface area contributed by atoms with Crippen LogP contribution in [0, 0.1) is 6.92 Å². The van der Waals surface area contributed by atoms with Gasteiger partial charge in [-0.25, -0.2) is 0 Å². The second-order valence-electron chi connectivity index (χ2n) is 2.04. The standard InChI is InChI=1S/C8H7NS/c1-7-2-4-8(5-3-7)9-6-10/h2-5H,1H3. The summed E-state index contributed by atoms with van der Waals surface area (Å²) < 4.78 is 0. The van der Waals surface area contributed by atoms with E-state index in [4.69, 9.17) is 0 Å². The molecule has 0 atom stereocenters. The van der Waals surface area contributed by atoms with Crippen LogP contribution in [-0.4, -0.2) is 5.16 Å². The minimum Gasteiger partial charge on any atom is -0.195 e. The summed E-state index contributed by atoms with van der Waals surface area (Å²) in [6.07, 6.45) is 0. The molecule has 1 aromatic rings. The molecular formula is C8H7NS. The SMILES string of the molecule is Cc1ccc(N=C=S)cc1. The van der Waals surface area contributed by atoms with Crippen LogP contribution >= 0.6 is 12.2 Å². The Morgan fingerprint density at radius 1 is 1.30 bits per heavy atom. The Bertz CT molecular complexity index is 257. The molecule has 0 radical (unpaired) electrons. The van der Waals surface area contributed by atoms with Crippen LogP contribution < -0.4 is 0 Å². The molecule has 0 fully saturated rings. The van der Waals surface area contributed by atoms with E-state index in [-0.39, 0.29) is 0 Å². The van der Waals surface area contributed by atoms with Gasteiger partial charge in [0.15, 0.2) is 0 Å². The molecule has 0 aliphatic rings. The summed E-state index contributed by atoms with van der Waals surface area (Å²) in [5.41, 5.74) is 2.09. The number of hydrogen-bond donors (Lipinski definition) is 0. The number of aryl methyl sites for hydroxylation is 1. The first kappa shape index (κ1) is 7.13. The van der Waals surface area contributed by atoms with Gasteiger partial charge in [-0.1, -0.05) is 17.7 Å². The predicted molar refractivity (Wildman–Crippen MR) is 45.9 cm³/mol. The van der Waals surface area contributed by atoms with Crippen LogP contribution in [0.2, 0.25) is 0 Å². The Hall–Kier alpha value is -0.980. The van der Waals surface area contributed by atoms with Gasteiger partial charge in [0.2, 0.25) is 0 Å². The number of aliphatic imine (C=N–C) groups is 1. The zero-order valence-electron chi connectivity index (χ0n) is 5.66. The third-order valence-corrected chi connectivity index (χ3v) is 1.30. The highest BCUT2D eigenvalue weighted by Crippen LogP contribution is 2.10. The van der Waals surface area contributed by atoms with Crippen LogP contribution in [0.5, 0.6) is 0 Å². The summed E-state index contributed by atoms with van der Waals surface area (Å²) in [5.74, 6) is 0. The van der Waals surface area contributed by atoms with Gasteiger partial charge in [0.1, 0.15) is 0 Å². The lowest BCUT2D eigenvalue weighted by molar-refractivity contribution is 1.44. The molecule has 1 nitrogen and oxygen atoms in total. The quantitative estimate of drug-likeness (QED) is 0.441. The van der Waals surface area contributed by atoms with Gasteiger partial charge in [0.25, 0.3) is 0 Å². The molecule has 0 aliphatic carbocycles. The molecule has 2 heteroatoms. The molecule has 0 aromatic heterocycles. The molecule has 0 saturated carbocycles. The second kappa shape index (κ2) is 3.25. The monoisotopic (exact) mass is 149 g/mol. The largest absolute Gasteiger partial charge is 0.195 e. The Kier molecular flexibility index (Phi) is 2.32. The molecule has 1 rings (SSSR count). The summed E-state index contributed by atoms with van der Waals surface area (Å²) in [6.45, 7) is 2.03. The van der Waals surface area contributed by atoms with E-state index >= 15 is 0 Å². The number of benzene rings is 1. The van der Waals surface area contributed by atoms with Crippen molar-refractivity contribution in [3.63, 3.8) is 0 Å². The topological polar surface area (TPSA) is 12.4 Å². The summed E-state index contributed by atoms with van der Waals surface area (Å²) in [4.78, 5) is 3.81. The minimum atomic E-state index is 0.862. The molecule has 0 amide bonds. The average Bonchev–Trinajstić information content (AvgIpc) is 1.95. The lowest BCUT2D eigenvalue weighted by Gasteiger charge is -1.90. The van der Waals surface area contributed by atoms with Crippen molar-refractivity contribution in [1.29, 1.82) is 0 Å². The van der Waals surface area contributed by atoms with E-state index < -0.39 is 0 Å². The average molecular weight is 149 g/mol. The van der Waals surface area contributed by atoms with E-state index in [0.717, 1.165) is 5.69 Å². The fourth-order valence-corrected chi connectivity index (χ4v) is 0.777. The van der Waals surface area contributed by atoms with Crippen molar-refractivity contribution in [2.24, 2.45) is 4.99 Å². The lowest BCUT2D eigenvalue weighted by atomic mass is 10.2. The molecule has 0 bridgehead atoms. The van der Waals surface area contributed by atoms with Gasteiger partial charge >= 0.3 is 0 Å². The third-order valence-electron chi connectivity index (χ3n) is 1.21. The van der Waals surface area contributed by atoms with Crippen molar-refractivity contribution in [2.75, 3.05) is 0 Å². The van der Waals surface area contributed by atoms with E-state index in [1.165, 1.54) is 5.56 Å². The van der Waals surface area contributed by atoms with E-state index in [9.17, 15) is 0 Å². The lowest BCUT2D eigenvalue weighted by Crippen LogP contribution is -1.67.